The van der Waals surface area contributed by atoms with Gasteiger partial charge < -0.3 is 9.88 Å². The highest BCUT2D eigenvalue weighted by atomic mass is 16.6. The Kier molecular flexibility index (Phi) is 4.58. The van der Waals surface area contributed by atoms with Crippen LogP contribution in [0.5, 0.6) is 0 Å². The molecule has 0 bridgehead atoms. The van der Waals surface area contributed by atoms with Gasteiger partial charge in [0.15, 0.2) is 0 Å². The van der Waals surface area contributed by atoms with E-state index < -0.39 is 0 Å². The molecule has 7 heteroatoms. The number of nitrogens with zero attached hydrogens (tertiary/aromatic N) is 4. The minimum atomic E-state index is -0.390. The van der Waals surface area contributed by atoms with Gasteiger partial charge in [-0.1, -0.05) is 30.3 Å². The number of imidazole rings is 1. The molecule has 7 nitrogen and oxygen atoms in total. The zero-order valence-electron chi connectivity index (χ0n) is 15.1. The predicted octanol–water partition coefficient (Wildman–Crippen LogP) is 4.07. The van der Waals surface area contributed by atoms with Crippen LogP contribution in [0, 0.1) is 17.0 Å². The summed E-state index contributed by atoms with van der Waals surface area (Å²) in [7, 11) is 0. The van der Waals surface area contributed by atoms with Crippen molar-refractivity contribution in [2.24, 2.45) is 0 Å². The number of aryl methyl sites for hydroxylation is 1. The number of benzene rings is 1. The van der Waals surface area contributed by atoms with Crippen molar-refractivity contribution in [3.05, 3.63) is 70.3 Å². The lowest BCUT2D eigenvalue weighted by Crippen LogP contribution is -2.35. The van der Waals surface area contributed by atoms with Gasteiger partial charge in [0.2, 0.25) is 0 Å². The number of nitro groups is 1. The molecule has 138 valence electrons. The van der Waals surface area contributed by atoms with Crippen LogP contribution in [0.3, 0.4) is 0 Å². The first kappa shape index (κ1) is 17.2. The molecule has 0 radical (unpaired) electrons. The zero-order chi connectivity index (χ0) is 18.8. The number of nitrogens with one attached hydrogen (secondary N) is 1. The minimum Gasteiger partial charge on any atom is -0.356 e. The topological polar surface area (TPSA) is 88.0 Å². The smallest absolute Gasteiger partial charge is 0.290 e. The normalized spacial score (nSPS) is 17.1. The van der Waals surface area contributed by atoms with Crippen molar-refractivity contribution in [1.82, 2.24) is 15.0 Å². The summed E-state index contributed by atoms with van der Waals surface area (Å²) < 4.78 is 0. The molecular formula is C20H21N5O2. The number of piperidine rings is 1. The molecule has 3 heterocycles. The van der Waals surface area contributed by atoms with Crippen LogP contribution in [0.4, 0.5) is 11.5 Å². The maximum atomic E-state index is 11.0. The van der Waals surface area contributed by atoms with E-state index >= 15 is 0 Å². The number of hydrogen-bond donors (Lipinski definition) is 1. The maximum Gasteiger partial charge on any atom is 0.290 e. The van der Waals surface area contributed by atoms with Gasteiger partial charge in [0, 0.05) is 24.6 Å². The summed E-state index contributed by atoms with van der Waals surface area (Å²) in [6, 6.07) is 12.0. The summed E-state index contributed by atoms with van der Waals surface area (Å²) in [6.45, 7) is 3.45. The van der Waals surface area contributed by atoms with Gasteiger partial charge in [0.25, 0.3) is 5.69 Å². The van der Waals surface area contributed by atoms with E-state index in [9.17, 15) is 10.1 Å². The average Bonchev–Trinajstić information content (AvgIpc) is 3.19. The van der Waals surface area contributed by atoms with Crippen molar-refractivity contribution in [1.29, 1.82) is 0 Å². The van der Waals surface area contributed by atoms with Crippen LogP contribution < -0.4 is 4.90 Å². The van der Waals surface area contributed by atoms with Gasteiger partial charge in [-0.15, -0.1) is 0 Å². The molecule has 1 aliphatic rings. The molecule has 1 fully saturated rings. The van der Waals surface area contributed by atoms with Crippen LogP contribution in [-0.2, 0) is 0 Å². The van der Waals surface area contributed by atoms with Crippen molar-refractivity contribution in [3.8, 4) is 11.3 Å². The van der Waals surface area contributed by atoms with Gasteiger partial charge in [0.1, 0.15) is 17.8 Å². The third-order valence-electron chi connectivity index (χ3n) is 5.08. The van der Waals surface area contributed by atoms with E-state index in [2.05, 4.69) is 32.0 Å². The van der Waals surface area contributed by atoms with Crippen molar-refractivity contribution in [2.45, 2.75) is 25.7 Å². The average molecular weight is 363 g/mol. The van der Waals surface area contributed by atoms with Crippen molar-refractivity contribution < 1.29 is 4.92 Å². The number of anilines is 1. The van der Waals surface area contributed by atoms with Crippen LogP contribution in [-0.4, -0.2) is 33.0 Å². The largest absolute Gasteiger partial charge is 0.356 e. The van der Waals surface area contributed by atoms with Crippen LogP contribution >= 0.6 is 0 Å². The standard InChI is InChI=1S/C20H21N5O2/c1-14-10-19(21-12-18(14)25(26)27)24-9-5-8-16(13-24)20-22-11-17(23-20)15-6-3-2-4-7-15/h2-4,6-7,10-12,16H,5,8-9,13H2,1H3,(H,22,23). The van der Waals surface area contributed by atoms with E-state index in [0.717, 1.165) is 48.8 Å². The zero-order valence-corrected chi connectivity index (χ0v) is 15.1. The molecule has 27 heavy (non-hydrogen) atoms. The highest BCUT2D eigenvalue weighted by Crippen LogP contribution is 2.30. The Labute approximate surface area is 157 Å². The number of hydrogen-bond acceptors (Lipinski definition) is 5. The van der Waals surface area contributed by atoms with E-state index in [1.54, 1.807) is 13.0 Å². The highest BCUT2D eigenvalue weighted by molar-refractivity contribution is 5.58. The Morgan fingerprint density at radius 1 is 1.22 bits per heavy atom. The number of pyridine rings is 1. The molecule has 3 aromatic rings. The van der Waals surface area contributed by atoms with E-state index in [4.69, 9.17) is 0 Å². The molecule has 0 aliphatic carbocycles. The van der Waals surface area contributed by atoms with E-state index in [1.165, 1.54) is 6.20 Å². The van der Waals surface area contributed by atoms with Gasteiger partial charge in [-0.3, -0.25) is 10.1 Å². The van der Waals surface area contributed by atoms with E-state index in [-0.39, 0.29) is 16.5 Å². The number of H-pyrrole nitrogens is 1. The summed E-state index contributed by atoms with van der Waals surface area (Å²) in [5, 5.41) is 11.0. The van der Waals surface area contributed by atoms with Gasteiger partial charge in [-0.05, 0) is 31.4 Å². The molecule has 1 N–H and O–H groups in total. The van der Waals surface area contributed by atoms with Crippen LogP contribution in [0.1, 0.15) is 30.1 Å². The minimum absolute atomic E-state index is 0.0610. The Morgan fingerprint density at radius 3 is 2.78 bits per heavy atom. The van der Waals surface area contributed by atoms with Crippen LogP contribution in [0.2, 0.25) is 0 Å². The first-order valence-electron chi connectivity index (χ1n) is 9.08. The molecule has 1 aromatic carbocycles. The summed E-state index contributed by atoms with van der Waals surface area (Å²) in [5.74, 6) is 2.06. The summed E-state index contributed by atoms with van der Waals surface area (Å²) in [4.78, 5) is 25.2. The van der Waals surface area contributed by atoms with Crippen molar-refractivity contribution in [3.63, 3.8) is 0 Å². The van der Waals surface area contributed by atoms with E-state index in [0.29, 0.717) is 5.56 Å². The highest BCUT2D eigenvalue weighted by Gasteiger charge is 2.25. The second-order valence-electron chi connectivity index (χ2n) is 6.92. The summed E-state index contributed by atoms with van der Waals surface area (Å²) in [6.07, 6.45) is 5.33. The number of aromatic nitrogens is 3. The molecule has 4 rings (SSSR count). The first-order chi connectivity index (χ1) is 13.1. The molecule has 2 aromatic heterocycles. The summed E-state index contributed by atoms with van der Waals surface area (Å²) >= 11 is 0. The quantitative estimate of drug-likeness (QED) is 0.557. The second-order valence-corrected chi connectivity index (χ2v) is 6.92. The molecule has 0 amide bonds. The molecule has 0 saturated carbocycles. The molecule has 0 spiro atoms. The van der Waals surface area contributed by atoms with Gasteiger partial charge in [0.05, 0.1) is 16.8 Å². The Bertz CT molecular complexity index is 954. The predicted molar refractivity (Wildman–Crippen MR) is 104 cm³/mol. The van der Waals surface area contributed by atoms with Crippen LogP contribution in [0.15, 0.2) is 48.8 Å². The number of aromatic amines is 1. The van der Waals surface area contributed by atoms with Crippen LogP contribution in [0.25, 0.3) is 11.3 Å². The first-order valence-corrected chi connectivity index (χ1v) is 9.08. The third-order valence-corrected chi connectivity index (χ3v) is 5.08. The van der Waals surface area contributed by atoms with Crippen molar-refractivity contribution in [2.75, 3.05) is 18.0 Å². The number of rotatable bonds is 4. The maximum absolute atomic E-state index is 11.0. The Hall–Kier alpha value is -3.22. The van der Waals surface area contributed by atoms with Gasteiger partial charge in [-0.2, -0.15) is 0 Å². The Balaban J connectivity index is 1.53. The SMILES string of the molecule is Cc1cc(N2CCCC(c3ncc(-c4ccccc4)[nH]3)C2)ncc1[N+](=O)[O-]. The fourth-order valence-electron chi connectivity index (χ4n) is 3.61. The third kappa shape index (κ3) is 3.53. The molecular weight excluding hydrogens is 342 g/mol. The monoisotopic (exact) mass is 363 g/mol. The second kappa shape index (κ2) is 7.19. The fraction of sp³-hybridized carbons (Fsp3) is 0.300. The van der Waals surface area contributed by atoms with Crippen molar-refractivity contribution >= 4 is 11.5 Å². The summed E-state index contributed by atoms with van der Waals surface area (Å²) in [5.41, 5.74) is 2.84. The lowest BCUT2D eigenvalue weighted by Gasteiger charge is -2.32. The Morgan fingerprint density at radius 2 is 2.04 bits per heavy atom. The van der Waals surface area contributed by atoms with Gasteiger partial charge >= 0.3 is 0 Å². The lowest BCUT2D eigenvalue weighted by molar-refractivity contribution is -0.385. The van der Waals surface area contributed by atoms with E-state index in [1.807, 2.05) is 24.4 Å². The molecule has 1 aliphatic heterocycles. The van der Waals surface area contributed by atoms with Gasteiger partial charge in [-0.25, -0.2) is 9.97 Å². The fourth-order valence-corrected chi connectivity index (χ4v) is 3.61. The molecule has 1 unspecified atom stereocenters. The molecule has 1 atom stereocenters. The molecule has 1 saturated heterocycles. The lowest BCUT2D eigenvalue weighted by atomic mass is 9.97.